The predicted octanol–water partition coefficient (Wildman–Crippen LogP) is 7.12. The average Bonchev–Trinajstić information content (AvgIpc) is 2.77. The summed E-state index contributed by atoms with van der Waals surface area (Å²) in [5, 5.41) is 3.30. The van der Waals surface area contributed by atoms with Crippen LogP contribution in [0.4, 0.5) is 13.2 Å². The SMILES string of the molecule is C=C(NC(/C=C(\N)C1CCCCC1)=C/Cc1ccccc1C(F)(F)F)c1ccccc1C. The molecule has 5 heteroatoms. The highest BCUT2D eigenvalue weighted by Crippen LogP contribution is 2.32. The van der Waals surface area contributed by atoms with Crippen LogP contribution >= 0.6 is 0 Å². The van der Waals surface area contributed by atoms with Gasteiger partial charge < -0.3 is 11.1 Å². The molecule has 2 nitrogen and oxygen atoms in total. The minimum Gasteiger partial charge on any atom is -0.402 e. The normalized spacial score (nSPS) is 16.1. The zero-order valence-corrected chi connectivity index (χ0v) is 18.5. The Morgan fingerprint density at radius 1 is 1.06 bits per heavy atom. The Labute approximate surface area is 188 Å². The molecule has 3 rings (SSSR count). The summed E-state index contributed by atoms with van der Waals surface area (Å²) in [6, 6.07) is 13.5. The van der Waals surface area contributed by atoms with Crippen molar-refractivity contribution in [2.75, 3.05) is 0 Å². The Hall–Kier alpha value is -2.95. The fourth-order valence-corrected chi connectivity index (χ4v) is 4.23. The van der Waals surface area contributed by atoms with E-state index in [1.165, 1.54) is 18.6 Å². The molecule has 1 saturated carbocycles. The minimum absolute atomic E-state index is 0.132. The molecule has 0 radical (unpaired) electrons. The number of alkyl halides is 3. The summed E-state index contributed by atoms with van der Waals surface area (Å²) >= 11 is 0. The monoisotopic (exact) mass is 440 g/mol. The molecular weight excluding hydrogens is 409 g/mol. The molecule has 0 amide bonds. The molecule has 2 aromatic rings. The van der Waals surface area contributed by atoms with Crippen LogP contribution in [0, 0.1) is 12.8 Å². The predicted molar refractivity (Wildman–Crippen MR) is 125 cm³/mol. The number of hydrogen-bond acceptors (Lipinski definition) is 2. The first-order chi connectivity index (χ1) is 15.3. The Morgan fingerprint density at radius 3 is 2.41 bits per heavy atom. The summed E-state index contributed by atoms with van der Waals surface area (Å²) in [6.07, 6.45) is 5.01. The van der Waals surface area contributed by atoms with Gasteiger partial charge in [0, 0.05) is 22.7 Å². The molecule has 0 aliphatic heterocycles. The van der Waals surface area contributed by atoms with E-state index >= 15 is 0 Å². The van der Waals surface area contributed by atoms with Crippen LogP contribution in [-0.4, -0.2) is 0 Å². The van der Waals surface area contributed by atoms with Crippen LogP contribution in [0.15, 0.2) is 78.7 Å². The maximum atomic E-state index is 13.4. The molecule has 1 aliphatic rings. The van der Waals surface area contributed by atoms with Gasteiger partial charge in [-0.2, -0.15) is 13.2 Å². The first-order valence-electron chi connectivity index (χ1n) is 11.1. The van der Waals surface area contributed by atoms with Gasteiger partial charge in [0.25, 0.3) is 0 Å². The molecule has 0 saturated heterocycles. The van der Waals surface area contributed by atoms with E-state index in [9.17, 15) is 13.2 Å². The lowest BCUT2D eigenvalue weighted by molar-refractivity contribution is -0.138. The highest BCUT2D eigenvalue weighted by molar-refractivity contribution is 5.66. The molecule has 2 aromatic carbocycles. The van der Waals surface area contributed by atoms with E-state index < -0.39 is 11.7 Å². The van der Waals surface area contributed by atoms with Crippen molar-refractivity contribution in [1.82, 2.24) is 5.32 Å². The van der Waals surface area contributed by atoms with E-state index in [4.69, 9.17) is 5.73 Å². The quantitative estimate of drug-likeness (QED) is 0.450. The minimum atomic E-state index is -4.39. The maximum absolute atomic E-state index is 13.4. The zero-order chi connectivity index (χ0) is 23.1. The number of benzene rings is 2. The van der Waals surface area contributed by atoms with E-state index in [1.807, 2.05) is 37.3 Å². The number of aryl methyl sites for hydroxylation is 1. The van der Waals surface area contributed by atoms with Crippen molar-refractivity contribution in [2.45, 2.75) is 51.6 Å². The second-order valence-corrected chi connectivity index (χ2v) is 8.42. The van der Waals surface area contributed by atoms with Gasteiger partial charge in [0.15, 0.2) is 0 Å². The van der Waals surface area contributed by atoms with Crippen LogP contribution in [-0.2, 0) is 12.6 Å². The lowest BCUT2D eigenvalue weighted by Crippen LogP contribution is -2.18. The first kappa shape index (κ1) is 23.7. The molecule has 0 atom stereocenters. The smallest absolute Gasteiger partial charge is 0.402 e. The molecule has 32 heavy (non-hydrogen) atoms. The van der Waals surface area contributed by atoms with Crippen LogP contribution in [0.1, 0.15) is 54.4 Å². The largest absolute Gasteiger partial charge is 0.416 e. The van der Waals surface area contributed by atoms with Crippen LogP contribution < -0.4 is 11.1 Å². The fourth-order valence-electron chi connectivity index (χ4n) is 4.23. The fraction of sp³-hybridized carbons (Fsp3) is 0.333. The number of halogens is 3. The average molecular weight is 441 g/mol. The highest BCUT2D eigenvalue weighted by atomic mass is 19.4. The van der Waals surface area contributed by atoms with Crippen molar-refractivity contribution in [3.8, 4) is 0 Å². The molecular formula is C27H31F3N2. The Morgan fingerprint density at radius 2 is 1.72 bits per heavy atom. The molecule has 0 unspecified atom stereocenters. The third kappa shape index (κ3) is 6.28. The topological polar surface area (TPSA) is 38.0 Å². The number of hydrogen-bond donors (Lipinski definition) is 2. The summed E-state index contributed by atoms with van der Waals surface area (Å²) in [7, 11) is 0. The van der Waals surface area contributed by atoms with E-state index in [0.29, 0.717) is 17.3 Å². The third-order valence-electron chi connectivity index (χ3n) is 6.03. The molecule has 3 N–H and O–H groups in total. The van der Waals surface area contributed by atoms with E-state index in [2.05, 4.69) is 11.9 Å². The van der Waals surface area contributed by atoms with Gasteiger partial charge in [-0.15, -0.1) is 0 Å². The Bertz CT molecular complexity index is 996. The van der Waals surface area contributed by atoms with Crippen molar-refractivity contribution >= 4 is 5.70 Å². The van der Waals surface area contributed by atoms with Crippen molar-refractivity contribution < 1.29 is 13.2 Å². The number of rotatable bonds is 7. The molecule has 0 bridgehead atoms. The van der Waals surface area contributed by atoms with E-state index in [0.717, 1.165) is 48.6 Å². The second-order valence-electron chi connectivity index (χ2n) is 8.42. The molecule has 170 valence electrons. The number of nitrogens with two attached hydrogens (primary N) is 1. The molecule has 0 aromatic heterocycles. The molecule has 1 aliphatic carbocycles. The van der Waals surface area contributed by atoms with Crippen LogP contribution in [0.5, 0.6) is 0 Å². The van der Waals surface area contributed by atoms with Crippen molar-refractivity contribution in [3.63, 3.8) is 0 Å². The summed E-state index contributed by atoms with van der Waals surface area (Å²) in [5.41, 5.74) is 10.2. The summed E-state index contributed by atoms with van der Waals surface area (Å²) in [6.45, 7) is 6.15. The molecule has 0 spiro atoms. The highest BCUT2D eigenvalue weighted by Gasteiger charge is 2.32. The van der Waals surface area contributed by atoms with Crippen LogP contribution in [0.3, 0.4) is 0 Å². The third-order valence-corrected chi connectivity index (χ3v) is 6.03. The summed E-state index contributed by atoms with van der Waals surface area (Å²) in [4.78, 5) is 0. The van der Waals surface area contributed by atoms with Gasteiger partial charge in [0.1, 0.15) is 0 Å². The number of nitrogens with one attached hydrogen (secondary N) is 1. The lowest BCUT2D eigenvalue weighted by atomic mass is 9.86. The first-order valence-corrected chi connectivity index (χ1v) is 11.1. The second kappa shape index (κ2) is 10.6. The van der Waals surface area contributed by atoms with Gasteiger partial charge in [0.2, 0.25) is 0 Å². The zero-order valence-electron chi connectivity index (χ0n) is 18.5. The summed E-state index contributed by atoms with van der Waals surface area (Å²) < 4.78 is 40.3. The van der Waals surface area contributed by atoms with Crippen molar-refractivity contribution in [1.29, 1.82) is 0 Å². The van der Waals surface area contributed by atoms with Gasteiger partial charge in [0.05, 0.1) is 5.56 Å². The van der Waals surface area contributed by atoms with Crippen molar-refractivity contribution in [3.05, 3.63) is 101 Å². The van der Waals surface area contributed by atoms with Gasteiger partial charge in [-0.1, -0.05) is 74.4 Å². The molecule has 0 heterocycles. The van der Waals surface area contributed by atoms with E-state index in [-0.39, 0.29) is 12.0 Å². The van der Waals surface area contributed by atoms with Gasteiger partial charge in [-0.25, -0.2) is 0 Å². The Balaban J connectivity index is 1.90. The lowest BCUT2D eigenvalue weighted by Gasteiger charge is -2.23. The van der Waals surface area contributed by atoms with Crippen LogP contribution in [0.2, 0.25) is 0 Å². The van der Waals surface area contributed by atoms with Crippen molar-refractivity contribution in [2.24, 2.45) is 11.7 Å². The number of allylic oxidation sites excluding steroid dienone is 3. The summed E-state index contributed by atoms with van der Waals surface area (Å²) in [5.74, 6) is 0.308. The Kier molecular flexibility index (Phi) is 7.84. The van der Waals surface area contributed by atoms with Gasteiger partial charge >= 0.3 is 6.18 Å². The maximum Gasteiger partial charge on any atom is 0.416 e. The van der Waals surface area contributed by atoms with Gasteiger partial charge in [-0.3, -0.25) is 0 Å². The van der Waals surface area contributed by atoms with Crippen LogP contribution in [0.25, 0.3) is 5.70 Å². The standard InChI is InChI=1S/C27H31F3N2/c1-19-10-6-8-14-24(19)20(2)32-23(18-26(31)22-12-4-3-5-13-22)17-16-21-11-7-9-15-25(21)27(28,29)30/h6-11,14-15,17-18,22,32H,2-5,12-13,16,31H2,1H3/b23-17+,26-18-. The van der Waals surface area contributed by atoms with Gasteiger partial charge in [-0.05, 0) is 55.4 Å². The van der Waals surface area contributed by atoms with E-state index in [1.54, 1.807) is 12.1 Å². The molecule has 1 fully saturated rings.